The topological polar surface area (TPSA) is 77.1 Å². The smallest absolute Gasteiger partial charge is 0.306 e. The van der Waals surface area contributed by atoms with Gasteiger partial charge in [0.05, 0.1) is 6.04 Å². The molecule has 2 heterocycles. The molecule has 1 saturated heterocycles. The Morgan fingerprint density at radius 1 is 0.786 bits per heavy atom. The van der Waals surface area contributed by atoms with Crippen molar-refractivity contribution in [1.82, 2.24) is 10.2 Å². The van der Waals surface area contributed by atoms with Crippen LogP contribution >= 0.6 is 0 Å². The molecule has 1 N–H and O–H groups in total. The van der Waals surface area contributed by atoms with Gasteiger partial charge in [-0.15, -0.1) is 0 Å². The highest BCUT2D eigenvalue weighted by Gasteiger charge is 2.32. The van der Waals surface area contributed by atoms with Crippen LogP contribution in [0.15, 0.2) is 18.2 Å². The van der Waals surface area contributed by atoms with E-state index in [4.69, 9.17) is 14.2 Å². The average molecular weight is 587 g/mol. The highest BCUT2D eigenvalue weighted by atomic mass is 16.6. The second-order valence-electron chi connectivity index (χ2n) is 12.2. The van der Waals surface area contributed by atoms with Gasteiger partial charge in [-0.05, 0) is 56.5 Å². The molecule has 1 aromatic rings. The summed E-state index contributed by atoms with van der Waals surface area (Å²) < 4.78 is 17.9. The quantitative estimate of drug-likeness (QED) is 0.110. The molecule has 238 valence electrons. The van der Waals surface area contributed by atoms with Crippen LogP contribution in [0.5, 0.6) is 11.5 Å². The SMILES string of the molecule is CCCCCCCCCCCC(=O)OC(c1ccc2c(c1)OCCO2)C(CN1CCCC1)NC(=O)CCCCCCC. The second kappa shape index (κ2) is 20.6. The number of ether oxygens (including phenoxy) is 3. The summed E-state index contributed by atoms with van der Waals surface area (Å²) in [4.78, 5) is 28.8. The molecule has 2 unspecified atom stereocenters. The largest absolute Gasteiger partial charge is 0.486 e. The van der Waals surface area contributed by atoms with E-state index in [-0.39, 0.29) is 17.9 Å². The number of esters is 1. The summed E-state index contributed by atoms with van der Waals surface area (Å²) in [6.07, 6.45) is 19.0. The number of rotatable bonds is 22. The molecule has 2 atom stereocenters. The summed E-state index contributed by atoms with van der Waals surface area (Å²) in [6, 6.07) is 5.45. The molecule has 0 aliphatic carbocycles. The first-order chi connectivity index (χ1) is 20.6. The number of carbonyl (C=O) groups is 2. The van der Waals surface area contributed by atoms with Crippen molar-refractivity contribution < 1.29 is 23.8 Å². The van der Waals surface area contributed by atoms with E-state index in [2.05, 4.69) is 24.1 Å². The van der Waals surface area contributed by atoms with Gasteiger partial charge in [0.25, 0.3) is 0 Å². The number of benzene rings is 1. The van der Waals surface area contributed by atoms with Gasteiger partial charge in [-0.3, -0.25) is 9.59 Å². The van der Waals surface area contributed by atoms with Gasteiger partial charge in [0.15, 0.2) is 11.5 Å². The lowest BCUT2D eigenvalue weighted by molar-refractivity contribution is -0.152. The molecule has 1 aromatic carbocycles. The highest BCUT2D eigenvalue weighted by Crippen LogP contribution is 2.35. The van der Waals surface area contributed by atoms with Crippen LogP contribution in [0.4, 0.5) is 0 Å². The second-order valence-corrected chi connectivity index (χ2v) is 12.2. The van der Waals surface area contributed by atoms with Crippen LogP contribution < -0.4 is 14.8 Å². The molecule has 0 spiro atoms. The van der Waals surface area contributed by atoms with Crippen molar-refractivity contribution in [2.24, 2.45) is 0 Å². The van der Waals surface area contributed by atoms with Crippen LogP contribution in [0.25, 0.3) is 0 Å². The molecule has 0 aromatic heterocycles. The zero-order valence-electron chi connectivity index (χ0n) is 26.6. The first-order valence-corrected chi connectivity index (χ1v) is 17.2. The minimum absolute atomic E-state index is 0.0354. The molecule has 2 aliphatic rings. The number of unbranched alkanes of at least 4 members (excludes halogenated alkanes) is 12. The van der Waals surface area contributed by atoms with E-state index in [1.165, 1.54) is 51.4 Å². The van der Waals surface area contributed by atoms with Crippen LogP contribution in [0, 0.1) is 0 Å². The number of nitrogens with one attached hydrogen (secondary N) is 1. The van der Waals surface area contributed by atoms with Crippen molar-refractivity contribution in [1.29, 1.82) is 0 Å². The Hall–Kier alpha value is -2.28. The van der Waals surface area contributed by atoms with Crippen molar-refractivity contribution in [2.75, 3.05) is 32.8 Å². The number of hydrogen-bond acceptors (Lipinski definition) is 6. The molecular formula is C35H58N2O5. The van der Waals surface area contributed by atoms with Gasteiger partial charge < -0.3 is 24.4 Å². The maximum absolute atomic E-state index is 13.2. The van der Waals surface area contributed by atoms with Gasteiger partial charge in [-0.25, -0.2) is 0 Å². The molecule has 1 amide bonds. The van der Waals surface area contributed by atoms with E-state index >= 15 is 0 Å². The number of amides is 1. The van der Waals surface area contributed by atoms with E-state index < -0.39 is 6.10 Å². The highest BCUT2D eigenvalue weighted by molar-refractivity contribution is 5.76. The molecule has 42 heavy (non-hydrogen) atoms. The molecular weight excluding hydrogens is 528 g/mol. The first-order valence-electron chi connectivity index (χ1n) is 17.2. The fourth-order valence-electron chi connectivity index (χ4n) is 6.03. The van der Waals surface area contributed by atoms with Crippen LogP contribution in [-0.4, -0.2) is 55.7 Å². The van der Waals surface area contributed by atoms with Gasteiger partial charge in [0.2, 0.25) is 5.91 Å². The van der Waals surface area contributed by atoms with Gasteiger partial charge >= 0.3 is 5.97 Å². The lowest BCUT2D eigenvalue weighted by atomic mass is 9.99. The normalized spacial score (nSPS) is 16.2. The van der Waals surface area contributed by atoms with Crippen LogP contribution in [0.1, 0.15) is 141 Å². The summed E-state index contributed by atoms with van der Waals surface area (Å²) in [5.41, 5.74) is 0.840. The fraction of sp³-hybridized carbons (Fsp3) is 0.771. The molecule has 7 nitrogen and oxygen atoms in total. The molecule has 3 rings (SSSR count). The Bertz CT molecular complexity index is 901. The summed E-state index contributed by atoms with van der Waals surface area (Å²) >= 11 is 0. The molecule has 1 fully saturated rings. The van der Waals surface area contributed by atoms with E-state index in [1.807, 2.05) is 18.2 Å². The van der Waals surface area contributed by atoms with Gasteiger partial charge in [0.1, 0.15) is 19.3 Å². The Morgan fingerprint density at radius 2 is 1.36 bits per heavy atom. The van der Waals surface area contributed by atoms with Crippen molar-refractivity contribution in [3.8, 4) is 11.5 Å². The Balaban J connectivity index is 1.64. The zero-order chi connectivity index (χ0) is 29.8. The predicted octanol–water partition coefficient (Wildman–Crippen LogP) is 7.90. The van der Waals surface area contributed by atoms with Crippen molar-refractivity contribution >= 4 is 11.9 Å². The number of fused-ring (bicyclic) bond motifs is 1. The van der Waals surface area contributed by atoms with Crippen molar-refractivity contribution in [3.63, 3.8) is 0 Å². The fourth-order valence-corrected chi connectivity index (χ4v) is 6.03. The summed E-state index contributed by atoms with van der Waals surface area (Å²) in [5, 5.41) is 3.29. The third kappa shape index (κ3) is 12.9. The summed E-state index contributed by atoms with van der Waals surface area (Å²) in [5.74, 6) is 1.21. The van der Waals surface area contributed by atoms with E-state index in [1.54, 1.807) is 0 Å². The molecule has 0 radical (unpaired) electrons. The minimum Gasteiger partial charge on any atom is -0.486 e. The maximum atomic E-state index is 13.2. The monoisotopic (exact) mass is 586 g/mol. The minimum atomic E-state index is -0.587. The van der Waals surface area contributed by atoms with Crippen LogP contribution in [0.3, 0.4) is 0 Å². The Morgan fingerprint density at radius 3 is 2.00 bits per heavy atom. The zero-order valence-corrected chi connectivity index (χ0v) is 26.6. The number of nitrogens with zero attached hydrogens (tertiary/aromatic N) is 1. The van der Waals surface area contributed by atoms with Gasteiger partial charge in [-0.1, -0.05) is 97.0 Å². The third-order valence-electron chi connectivity index (χ3n) is 8.51. The number of likely N-dealkylation sites (tertiary alicyclic amines) is 1. The Labute approximate surface area is 255 Å². The summed E-state index contributed by atoms with van der Waals surface area (Å²) in [6.45, 7) is 8.13. The van der Waals surface area contributed by atoms with Crippen LogP contribution in [-0.2, 0) is 14.3 Å². The van der Waals surface area contributed by atoms with Crippen LogP contribution in [0.2, 0.25) is 0 Å². The number of carbonyl (C=O) groups excluding carboxylic acids is 2. The molecule has 2 aliphatic heterocycles. The van der Waals surface area contributed by atoms with E-state index in [0.717, 1.165) is 70.0 Å². The lowest BCUT2D eigenvalue weighted by Gasteiger charge is -2.32. The predicted molar refractivity (Wildman–Crippen MR) is 169 cm³/mol. The van der Waals surface area contributed by atoms with E-state index in [0.29, 0.717) is 44.1 Å². The maximum Gasteiger partial charge on any atom is 0.306 e. The number of hydrogen-bond donors (Lipinski definition) is 1. The first kappa shape index (κ1) is 34.2. The average Bonchev–Trinajstić information content (AvgIpc) is 3.51. The standard InChI is InChI=1S/C35H58N2O5/c1-3-5-7-9-10-11-12-14-16-20-34(39)42-35(29-21-22-31-32(27-29)41-26-25-40-31)30(28-37-23-17-18-24-37)36-33(38)19-15-13-8-6-4-2/h21-22,27,30,35H,3-20,23-26,28H2,1-2H3,(H,36,38). The van der Waals surface area contributed by atoms with Gasteiger partial charge in [-0.2, -0.15) is 0 Å². The van der Waals surface area contributed by atoms with E-state index in [9.17, 15) is 9.59 Å². The lowest BCUT2D eigenvalue weighted by Crippen LogP contribution is -2.47. The molecule has 0 bridgehead atoms. The van der Waals surface area contributed by atoms with Crippen molar-refractivity contribution in [2.45, 2.75) is 142 Å². The van der Waals surface area contributed by atoms with Crippen molar-refractivity contribution in [3.05, 3.63) is 23.8 Å². The molecule has 0 saturated carbocycles. The summed E-state index contributed by atoms with van der Waals surface area (Å²) in [7, 11) is 0. The van der Waals surface area contributed by atoms with Gasteiger partial charge in [0, 0.05) is 19.4 Å². The molecule has 7 heteroatoms. The Kier molecular flexibility index (Phi) is 16.8. The third-order valence-corrected chi connectivity index (χ3v) is 8.51.